The first kappa shape index (κ1) is 14.1. The molecule has 2 aromatic rings. The van der Waals surface area contributed by atoms with Gasteiger partial charge in [-0.2, -0.15) is 0 Å². The average molecular weight is 271 g/mol. The zero-order valence-electron chi connectivity index (χ0n) is 11.8. The number of hydrogen-bond donors (Lipinski definition) is 1. The van der Waals surface area contributed by atoms with Crippen LogP contribution in [0.25, 0.3) is 11.1 Å². The van der Waals surface area contributed by atoms with Crippen LogP contribution in [-0.2, 0) is 14.9 Å². The number of benzene rings is 1. The van der Waals surface area contributed by atoms with Crippen molar-refractivity contribution in [1.82, 2.24) is 4.98 Å². The molecule has 0 spiro atoms. The number of hydrogen-bond acceptors (Lipinski definition) is 4. The van der Waals surface area contributed by atoms with Gasteiger partial charge in [-0.15, -0.1) is 0 Å². The number of methoxy groups -OCH3 is 1. The van der Waals surface area contributed by atoms with E-state index in [2.05, 4.69) is 4.98 Å². The molecule has 0 amide bonds. The van der Waals surface area contributed by atoms with Crippen LogP contribution >= 0.6 is 0 Å². The SMILES string of the molecule is COC(=O)C(C)(C)c1ccc(-c2cncc(O)c2)cc1. The largest absolute Gasteiger partial charge is 0.506 e. The first-order valence-electron chi connectivity index (χ1n) is 6.28. The molecular weight excluding hydrogens is 254 g/mol. The van der Waals surface area contributed by atoms with Gasteiger partial charge in [0.05, 0.1) is 18.7 Å². The van der Waals surface area contributed by atoms with Crippen molar-refractivity contribution < 1.29 is 14.6 Å². The third-order valence-electron chi connectivity index (χ3n) is 3.36. The first-order chi connectivity index (χ1) is 9.45. The predicted octanol–water partition coefficient (Wildman–Crippen LogP) is 2.90. The van der Waals surface area contributed by atoms with Crippen LogP contribution < -0.4 is 0 Å². The molecule has 0 unspecified atom stereocenters. The molecule has 4 nitrogen and oxygen atoms in total. The Morgan fingerprint density at radius 1 is 1.15 bits per heavy atom. The predicted molar refractivity (Wildman–Crippen MR) is 76.4 cm³/mol. The van der Waals surface area contributed by atoms with E-state index in [0.717, 1.165) is 16.7 Å². The zero-order valence-corrected chi connectivity index (χ0v) is 11.8. The highest BCUT2D eigenvalue weighted by molar-refractivity contribution is 5.82. The number of rotatable bonds is 3. The molecule has 0 aliphatic heterocycles. The maximum atomic E-state index is 11.8. The number of ether oxygens (including phenoxy) is 1. The maximum absolute atomic E-state index is 11.8. The van der Waals surface area contributed by atoms with E-state index >= 15 is 0 Å². The third kappa shape index (κ3) is 2.64. The molecule has 0 aliphatic rings. The monoisotopic (exact) mass is 271 g/mol. The lowest BCUT2D eigenvalue weighted by Crippen LogP contribution is -2.30. The van der Waals surface area contributed by atoms with Crippen molar-refractivity contribution in [2.45, 2.75) is 19.3 Å². The summed E-state index contributed by atoms with van der Waals surface area (Å²) in [5.74, 6) is -0.147. The van der Waals surface area contributed by atoms with Crippen molar-refractivity contribution in [3.63, 3.8) is 0 Å². The van der Waals surface area contributed by atoms with Crippen molar-refractivity contribution in [2.24, 2.45) is 0 Å². The number of aromatic hydroxyl groups is 1. The molecule has 1 aromatic carbocycles. The summed E-state index contributed by atoms with van der Waals surface area (Å²) in [4.78, 5) is 15.7. The average Bonchev–Trinajstić information content (AvgIpc) is 2.46. The van der Waals surface area contributed by atoms with Crippen molar-refractivity contribution in [2.75, 3.05) is 7.11 Å². The number of esters is 1. The molecule has 0 atom stereocenters. The zero-order chi connectivity index (χ0) is 14.8. The van der Waals surface area contributed by atoms with E-state index in [9.17, 15) is 9.90 Å². The van der Waals surface area contributed by atoms with Crippen molar-refractivity contribution in [3.8, 4) is 16.9 Å². The lowest BCUT2D eigenvalue weighted by Gasteiger charge is -2.22. The van der Waals surface area contributed by atoms with E-state index in [1.54, 1.807) is 12.3 Å². The topological polar surface area (TPSA) is 59.4 Å². The van der Waals surface area contributed by atoms with Gasteiger partial charge in [0.2, 0.25) is 0 Å². The van der Waals surface area contributed by atoms with Crippen LogP contribution in [-0.4, -0.2) is 23.2 Å². The van der Waals surface area contributed by atoms with Crippen LogP contribution in [0.5, 0.6) is 5.75 Å². The highest BCUT2D eigenvalue weighted by atomic mass is 16.5. The summed E-state index contributed by atoms with van der Waals surface area (Å²) in [6.07, 6.45) is 3.07. The van der Waals surface area contributed by atoms with E-state index in [-0.39, 0.29) is 11.7 Å². The molecule has 0 saturated carbocycles. The van der Waals surface area contributed by atoms with E-state index < -0.39 is 5.41 Å². The Morgan fingerprint density at radius 3 is 2.35 bits per heavy atom. The molecular formula is C16H17NO3. The number of aromatic nitrogens is 1. The lowest BCUT2D eigenvalue weighted by atomic mass is 9.84. The minimum atomic E-state index is -0.690. The summed E-state index contributed by atoms with van der Waals surface area (Å²) in [6.45, 7) is 3.65. The lowest BCUT2D eigenvalue weighted by molar-refractivity contribution is -0.146. The Hall–Kier alpha value is -2.36. The fourth-order valence-corrected chi connectivity index (χ4v) is 2.04. The minimum absolute atomic E-state index is 0.126. The molecule has 0 radical (unpaired) electrons. The van der Waals surface area contributed by atoms with Crippen LogP contribution in [0, 0.1) is 0 Å². The van der Waals surface area contributed by atoms with Gasteiger partial charge in [-0.3, -0.25) is 9.78 Å². The van der Waals surface area contributed by atoms with Gasteiger partial charge in [-0.25, -0.2) is 0 Å². The molecule has 104 valence electrons. The van der Waals surface area contributed by atoms with Gasteiger partial charge in [-0.05, 0) is 31.0 Å². The van der Waals surface area contributed by atoms with Crippen molar-refractivity contribution >= 4 is 5.97 Å². The molecule has 0 fully saturated rings. The van der Waals surface area contributed by atoms with Crippen molar-refractivity contribution in [1.29, 1.82) is 0 Å². The summed E-state index contributed by atoms with van der Waals surface area (Å²) >= 11 is 0. The van der Waals surface area contributed by atoms with E-state index in [1.807, 2.05) is 38.1 Å². The minimum Gasteiger partial charge on any atom is -0.506 e. The van der Waals surface area contributed by atoms with Crippen LogP contribution in [0.2, 0.25) is 0 Å². The van der Waals surface area contributed by atoms with Gasteiger partial charge in [0, 0.05) is 11.8 Å². The van der Waals surface area contributed by atoms with Gasteiger partial charge in [0.25, 0.3) is 0 Å². The Morgan fingerprint density at radius 2 is 1.80 bits per heavy atom. The normalized spacial score (nSPS) is 11.2. The molecule has 1 aromatic heterocycles. The third-order valence-corrected chi connectivity index (χ3v) is 3.36. The highest BCUT2D eigenvalue weighted by Gasteiger charge is 2.30. The van der Waals surface area contributed by atoms with Gasteiger partial charge in [0.1, 0.15) is 5.75 Å². The smallest absolute Gasteiger partial charge is 0.315 e. The standard InChI is InChI=1S/C16H17NO3/c1-16(2,15(19)20-3)13-6-4-11(5-7-13)12-8-14(18)10-17-9-12/h4-10,18H,1-3H3. The van der Waals surface area contributed by atoms with E-state index in [4.69, 9.17) is 4.74 Å². The quantitative estimate of drug-likeness (QED) is 0.872. The Balaban J connectivity index is 2.33. The Bertz CT molecular complexity index is 618. The molecule has 0 saturated heterocycles. The number of pyridine rings is 1. The number of nitrogens with zero attached hydrogens (tertiary/aromatic N) is 1. The van der Waals surface area contributed by atoms with Crippen molar-refractivity contribution in [3.05, 3.63) is 48.3 Å². The summed E-state index contributed by atoms with van der Waals surface area (Å²) in [7, 11) is 1.39. The molecule has 0 bridgehead atoms. The van der Waals surface area contributed by atoms with Gasteiger partial charge < -0.3 is 9.84 Å². The summed E-state index contributed by atoms with van der Waals surface area (Å²) in [5, 5.41) is 9.44. The summed E-state index contributed by atoms with van der Waals surface area (Å²) in [5.41, 5.74) is 1.94. The molecule has 4 heteroatoms. The summed E-state index contributed by atoms with van der Waals surface area (Å²) < 4.78 is 4.82. The fraction of sp³-hybridized carbons (Fsp3) is 0.250. The Kier molecular flexibility index (Phi) is 3.74. The number of carbonyl (C=O) groups is 1. The molecule has 1 N–H and O–H groups in total. The van der Waals surface area contributed by atoms with Gasteiger partial charge >= 0.3 is 5.97 Å². The number of carbonyl (C=O) groups excluding carboxylic acids is 1. The van der Waals surface area contributed by atoms with Gasteiger partial charge in [0.15, 0.2) is 0 Å². The van der Waals surface area contributed by atoms with E-state index in [1.165, 1.54) is 13.3 Å². The van der Waals surface area contributed by atoms with Crippen LogP contribution in [0.1, 0.15) is 19.4 Å². The molecule has 1 heterocycles. The van der Waals surface area contributed by atoms with Crippen LogP contribution in [0.3, 0.4) is 0 Å². The first-order valence-corrected chi connectivity index (χ1v) is 6.28. The van der Waals surface area contributed by atoms with Crippen LogP contribution in [0.15, 0.2) is 42.7 Å². The summed E-state index contributed by atoms with van der Waals surface area (Å²) in [6, 6.07) is 9.22. The highest BCUT2D eigenvalue weighted by Crippen LogP contribution is 2.28. The maximum Gasteiger partial charge on any atom is 0.315 e. The fourth-order valence-electron chi connectivity index (χ4n) is 2.04. The van der Waals surface area contributed by atoms with Crippen LogP contribution in [0.4, 0.5) is 0 Å². The second-order valence-electron chi connectivity index (χ2n) is 5.13. The Labute approximate surface area is 118 Å². The molecule has 2 rings (SSSR count). The van der Waals surface area contributed by atoms with Gasteiger partial charge in [-0.1, -0.05) is 24.3 Å². The second-order valence-corrected chi connectivity index (χ2v) is 5.13. The van der Waals surface area contributed by atoms with E-state index in [0.29, 0.717) is 0 Å². The second kappa shape index (κ2) is 5.33. The molecule has 20 heavy (non-hydrogen) atoms. The molecule has 0 aliphatic carbocycles.